The third-order valence-electron chi connectivity index (χ3n) is 8.19. The molecule has 1 aliphatic heterocycles. The number of hydrogen-bond acceptors (Lipinski definition) is 7. The maximum absolute atomic E-state index is 13.6. The smallest absolute Gasteiger partial charge is 0.267 e. The number of phenolic OH excluding ortho intramolecular Hbond substituents is 1. The number of anilines is 1. The van der Waals surface area contributed by atoms with Gasteiger partial charge < -0.3 is 10.1 Å². The van der Waals surface area contributed by atoms with Crippen LogP contribution in [0.15, 0.2) is 47.3 Å². The summed E-state index contributed by atoms with van der Waals surface area (Å²) >= 11 is 13.2. The summed E-state index contributed by atoms with van der Waals surface area (Å²) in [5, 5.41) is 9.06. The molecule has 9 nitrogen and oxygen atoms in total. The van der Waals surface area contributed by atoms with Crippen LogP contribution in [0.5, 0.6) is 5.75 Å². The second-order valence-corrected chi connectivity index (χ2v) is 11.2. The Morgan fingerprint density at radius 2 is 1.39 bits per heavy atom. The van der Waals surface area contributed by atoms with Gasteiger partial charge in [0.05, 0.1) is 48.9 Å². The number of nitrogens with one attached hydrogen (secondary N) is 1. The van der Waals surface area contributed by atoms with Gasteiger partial charge in [0.25, 0.3) is 17.4 Å². The molecule has 3 aromatic carbocycles. The molecule has 1 saturated carbocycles. The van der Waals surface area contributed by atoms with Crippen molar-refractivity contribution in [3.8, 4) is 5.75 Å². The molecule has 2 N–H and O–H groups in total. The molecule has 0 bridgehead atoms. The number of fused-ring (bicyclic) bond motifs is 3. The number of aromatic amines is 1. The van der Waals surface area contributed by atoms with E-state index in [1.807, 2.05) is 12.1 Å². The van der Waals surface area contributed by atoms with E-state index in [-0.39, 0.29) is 54.8 Å². The molecule has 4 aromatic rings. The standard InChI is InChI=1S/C30H19Cl2N3O6/c31-23-18-19(26(38)22(25(18)37)27-33-17-10-9-15(36)11-16(17)28(39)34-27)24(32)21-20(23)29(40)35(30(21)41)14-7-5-13(6-8-14)12-3-1-2-4-12/h5-12,22,36H,1-4H2,(H,33,34,39). The van der Waals surface area contributed by atoms with E-state index in [2.05, 4.69) is 9.97 Å². The number of Topliss-reactive ketones (excluding diaryl/α,β-unsaturated/α-hetero) is 2. The number of nitrogens with zero attached hydrogens (tertiary/aromatic N) is 2. The number of carbonyl (C=O) groups is 4. The number of ketones is 2. The summed E-state index contributed by atoms with van der Waals surface area (Å²) in [6, 6.07) is 11.1. The van der Waals surface area contributed by atoms with Gasteiger partial charge in [-0.1, -0.05) is 48.2 Å². The van der Waals surface area contributed by atoms with Crippen molar-refractivity contribution in [3.05, 3.63) is 96.5 Å². The van der Waals surface area contributed by atoms with Crippen molar-refractivity contribution in [2.24, 2.45) is 0 Å². The molecule has 0 saturated heterocycles. The van der Waals surface area contributed by atoms with Gasteiger partial charge in [-0.2, -0.15) is 0 Å². The molecule has 204 valence electrons. The zero-order chi connectivity index (χ0) is 28.7. The summed E-state index contributed by atoms with van der Waals surface area (Å²) < 4.78 is 0. The van der Waals surface area contributed by atoms with Crippen molar-refractivity contribution in [2.75, 3.05) is 4.90 Å². The average molecular weight is 588 g/mol. The Labute approximate surface area is 241 Å². The van der Waals surface area contributed by atoms with Gasteiger partial charge in [-0.15, -0.1) is 0 Å². The first-order valence-corrected chi connectivity index (χ1v) is 13.8. The first kappa shape index (κ1) is 25.6. The molecule has 2 aliphatic carbocycles. The zero-order valence-electron chi connectivity index (χ0n) is 21.2. The number of carbonyl (C=O) groups excluding carboxylic acids is 4. The van der Waals surface area contributed by atoms with Crippen LogP contribution >= 0.6 is 23.2 Å². The minimum Gasteiger partial charge on any atom is -0.508 e. The van der Waals surface area contributed by atoms with Crippen LogP contribution in [0.2, 0.25) is 10.0 Å². The lowest BCUT2D eigenvalue weighted by Crippen LogP contribution is -2.29. The molecule has 2 amide bonds. The van der Waals surface area contributed by atoms with Crippen molar-refractivity contribution in [3.63, 3.8) is 0 Å². The lowest BCUT2D eigenvalue weighted by atomic mass is 9.97. The molecule has 0 atom stereocenters. The predicted octanol–water partition coefficient (Wildman–Crippen LogP) is 5.56. The number of phenols is 1. The molecular formula is C30H19Cl2N3O6. The molecule has 0 unspecified atom stereocenters. The highest BCUT2D eigenvalue weighted by Gasteiger charge is 2.50. The maximum Gasteiger partial charge on any atom is 0.267 e. The van der Waals surface area contributed by atoms with Gasteiger partial charge >= 0.3 is 0 Å². The van der Waals surface area contributed by atoms with Gasteiger partial charge in [0, 0.05) is 0 Å². The summed E-state index contributed by atoms with van der Waals surface area (Å²) in [4.78, 5) is 74.7. The highest BCUT2D eigenvalue weighted by Crippen LogP contribution is 2.47. The van der Waals surface area contributed by atoms with Gasteiger partial charge in [0.1, 0.15) is 17.5 Å². The van der Waals surface area contributed by atoms with E-state index < -0.39 is 34.9 Å². The Kier molecular flexibility index (Phi) is 5.68. The van der Waals surface area contributed by atoms with Crippen LogP contribution in [0.1, 0.15) is 90.3 Å². The van der Waals surface area contributed by atoms with Gasteiger partial charge in [-0.3, -0.25) is 24.0 Å². The normalized spacial score (nSPS) is 17.3. The fourth-order valence-electron chi connectivity index (χ4n) is 6.20. The molecule has 0 radical (unpaired) electrons. The Balaban J connectivity index is 1.30. The van der Waals surface area contributed by atoms with Crippen LogP contribution < -0.4 is 10.5 Å². The van der Waals surface area contributed by atoms with E-state index in [1.54, 1.807) is 12.1 Å². The lowest BCUT2D eigenvalue weighted by molar-refractivity contribution is 0.0882. The molecule has 1 aromatic heterocycles. The molecule has 3 aliphatic rings. The largest absolute Gasteiger partial charge is 0.508 e. The van der Waals surface area contributed by atoms with Gasteiger partial charge in [-0.05, 0) is 54.7 Å². The number of imide groups is 1. The van der Waals surface area contributed by atoms with E-state index in [1.165, 1.54) is 31.0 Å². The van der Waals surface area contributed by atoms with Gasteiger partial charge in [0.15, 0.2) is 11.6 Å². The Morgan fingerprint density at radius 3 is 1.98 bits per heavy atom. The van der Waals surface area contributed by atoms with E-state index in [9.17, 15) is 29.1 Å². The molecule has 0 spiro atoms. The minimum atomic E-state index is -1.59. The highest BCUT2D eigenvalue weighted by atomic mass is 35.5. The molecule has 7 rings (SSSR count). The number of rotatable bonds is 3. The minimum absolute atomic E-state index is 0.0618. The number of hydrogen-bond donors (Lipinski definition) is 2. The summed E-state index contributed by atoms with van der Waals surface area (Å²) in [5.41, 5.74) is -0.149. The zero-order valence-corrected chi connectivity index (χ0v) is 22.7. The van der Waals surface area contributed by atoms with Crippen molar-refractivity contribution in [1.29, 1.82) is 0 Å². The molecule has 1 fully saturated rings. The third kappa shape index (κ3) is 3.62. The Hall–Kier alpha value is -4.34. The van der Waals surface area contributed by atoms with Crippen LogP contribution in [0.25, 0.3) is 10.9 Å². The van der Waals surface area contributed by atoms with E-state index in [4.69, 9.17) is 23.2 Å². The quantitative estimate of drug-likeness (QED) is 0.236. The van der Waals surface area contributed by atoms with Crippen molar-refractivity contribution < 1.29 is 24.3 Å². The van der Waals surface area contributed by atoms with Crippen molar-refractivity contribution in [2.45, 2.75) is 37.5 Å². The fraction of sp³-hybridized carbons (Fsp3) is 0.200. The predicted molar refractivity (Wildman–Crippen MR) is 151 cm³/mol. The topological polar surface area (TPSA) is 138 Å². The van der Waals surface area contributed by atoms with E-state index >= 15 is 0 Å². The SMILES string of the molecule is O=C1c2c(Cl)c3c(c(Cl)c2C(=O)C1c1nc2ccc(O)cc2c(=O)[nH]1)C(=O)N(c1ccc(C2CCCC2)cc1)C3=O. The fourth-order valence-corrected chi connectivity index (χ4v) is 6.92. The van der Waals surface area contributed by atoms with Gasteiger partial charge in [-0.25, -0.2) is 9.88 Å². The average Bonchev–Trinajstić information content (AvgIpc) is 3.64. The summed E-state index contributed by atoms with van der Waals surface area (Å²) in [6.07, 6.45) is 4.53. The summed E-state index contributed by atoms with van der Waals surface area (Å²) in [6.45, 7) is 0. The van der Waals surface area contributed by atoms with E-state index in [0.29, 0.717) is 11.6 Å². The Morgan fingerprint density at radius 1 is 0.805 bits per heavy atom. The van der Waals surface area contributed by atoms with Crippen molar-refractivity contribution >= 4 is 63.2 Å². The van der Waals surface area contributed by atoms with Crippen LogP contribution in [-0.2, 0) is 0 Å². The number of halogens is 2. The maximum atomic E-state index is 13.6. The second kappa shape index (κ2) is 9.09. The number of amides is 2. The molecule has 41 heavy (non-hydrogen) atoms. The third-order valence-corrected chi connectivity index (χ3v) is 8.94. The monoisotopic (exact) mass is 587 g/mol. The summed E-state index contributed by atoms with van der Waals surface area (Å²) in [7, 11) is 0. The van der Waals surface area contributed by atoms with Crippen LogP contribution in [0.3, 0.4) is 0 Å². The summed E-state index contributed by atoms with van der Waals surface area (Å²) in [5.74, 6) is -4.66. The lowest BCUT2D eigenvalue weighted by Gasteiger charge is -2.16. The molecular weight excluding hydrogens is 569 g/mol. The Bertz CT molecular complexity index is 1880. The molecule has 2 heterocycles. The van der Waals surface area contributed by atoms with E-state index in [0.717, 1.165) is 23.3 Å². The first-order valence-electron chi connectivity index (χ1n) is 13.0. The van der Waals surface area contributed by atoms with Crippen LogP contribution in [0.4, 0.5) is 5.69 Å². The number of H-pyrrole nitrogens is 1. The van der Waals surface area contributed by atoms with Gasteiger partial charge in [0.2, 0.25) is 0 Å². The number of benzene rings is 3. The molecule has 11 heteroatoms. The number of aromatic nitrogens is 2. The van der Waals surface area contributed by atoms with Crippen molar-refractivity contribution in [1.82, 2.24) is 9.97 Å². The second-order valence-electron chi connectivity index (χ2n) is 10.5. The highest BCUT2D eigenvalue weighted by molar-refractivity contribution is 6.52. The first-order chi connectivity index (χ1) is 19.7. The van der Waals surface area contributed by atoms with Crippen LogP contribution in [0, 0.1) is 0 Å². The van der Waals surface area contributed by atoms with Crippen LogP contribution in [-0.4, -0.2) is 38.5 Å². The number of aromatic hydroxyl groups is 1.